The van der Waals surface area contributed by atoms with Crippen LogP contribution < -0.4 is 9.47 Å². The van der Waals surface area contributed by atoms with Crippen LogP contribution in [0.5, 0.6) is 11.5 Å². The summed E-state index contributed by atoms with van der Waals surface area (Å²) in [5.41, 5.74) is 1.54. The highest BCUT2D eigenvalue weighted by atomic mass is 79.9. The van der Waals surface area contributed by atoms with E-state index in [0.717, 1.165) is 44.0 Å². The summed E-state index contributed by atoms with van der Waals surface area (Å²) in [6.45, 7) is 12.4. The number of hydrogen-bond acceptors (Lipinski definition) is 2. The van der Waals surface area contributed by atoms with Crippen molar-refractivity contribution in [3.63, 3.8) is 0 Å². The van der Waals surface area contributed by atoms with Gasteiger partial charge >= 0.3 is 0 Å². The highest BCUT2D eigenvalue weighted by Crippen LogP contribution is 2.39. The molecule has 0 amide bonds. The summed E-state index contributed by atoms with van der Waals surface area (Å²) in [6, 6.07) is 6.29. The molecular weight excluding hydrogens is 328 g/mol. The molecule has 0 aliphatic carbocycles. The van der Waals surface area contributed by atoms with E-state index in [4.69, 9.17) is 9.47 Å². The minimum Gasteiger partial charge on any atom is -0.490 e. The Morgan fingerprint density at radius 3 is 2.10 bits per heavy atom. The molecule has 0 bridgehead atoms. The molecule has 1 atom stereocenters. The first-order valence-corrected chi connectivity index (χ1v) is 8.82. The fourth-order valence-corrected chi connectivity index (χ4v) is 3.29. The van der Waals surface area contributed by atoms with Crippen molar-refractivity contribution in [2.75, 3.05) is 13.2 Å². The van der Waals surface area contributed by atoms with Gasteiger partial charge in [0.2, 0.25) is 0 Å². The van der Waals surface area contributed by atoms with E-state index >= 15 is 0 Å². The fraction of sp³-hybridized carbons (Fsp3) is 0.667. The number of rotatable bonds is 8. The molecule has 120 valence electrons. The van der Waals surface area contributed by atoms with Gasteiger partial charge in [-0.05, 0) is 42.4 Å². The van der Waals surface area contributed by atoms with Crippen LogP contribution >= 0.6 is 15.9 Å². The molecule has 1 unspecified atom stereocenters. The first-order valence-electron chi connectivity index (χ1n) is 7.91. The van der Waals surface area contributed by atoms with E-state index in [1.54, 1.807) is 0 Å². The van der Waals surface area contributed by atoms with Gasteiger partial charge < -0.3 is 9.47 Å². The SMILES string of the molecule is CCCOc1ccc(C(Br)CC(C)(C)C)cc1OCCC. The van der Waals surface area contributed by atoms with Crippen LogP contribution in [0.4, 0.5) is 0 Å². The van der Waals surface area contributed by atoms with Crippen molar-refractivity contribution in [3.8, 4) is 11.5 Å². The largest absolute Gasteiger partial charge is 0.490 e. The molecule has 0 aliphatic heterocycles. The normalized spacial score (nSPS) is 13.0. The predicted molar refractivity (Wildman–Crippen MR) is 93.8 cm³/mol. The highest BCUT2D eigenvalue weighted by molar-refractivity contribution is 9.09. The quantitative estimate of drug-likeness (QED) is 0.521. The Labute approximate surface area is 138 Å². The number of hydrogen-bond donors (Lipinski definition) is 0. The molecule has 0 fully saturated rings. The van der Waals surface area contributed by atoms with Gasteiger partial charge in [-0.1, -0.05) is 56.6 Å². The van der Waals surface area contributed by atoms with Crippen molar-refractivity contribution < 1.29 is 9.47 Å². The Hall–Kier alpha value is -0.700. The van der Waals surface area contributed by atoms with E-state index in [9.17, 15) is 0 Å². The van der Waals surface area contributed by atoms with Crippen LogP contribution in [0.15, 0.2) is 18.2 Å². The molecule has 0 spiro atoms. The van der Waals surface area contributed by atoms with Gasteiger partial charge in [-0.3, -0.25) is 0 Å². The third-order valence-electron chi connectivity index (χ3n) is 3.04. The molecule has 1 rings (SSSR count). The maximum Gasteiger partial charge on any atom is 0.161 e. The lowest BCUT2D eigenvalue weighted by molar-refractivity contribution is 0.268. The zero-order valence-corrected chi connectivity index (χ0v) is 15.6. The Kier molecular flexibility index (Phi) is 7.58. The molecule has 0 saturated carbocycles. The van der Waals surface area contributed by atoms with Crippen LogP contribution in [-0.2, 0) is 0 Å². The molecular formula is C18H29BrO2. The number of alkyl halides is 1. The molecule has 21 heavy (non-hydrogen) atoms. The third kappa shape index (κ3) is 6.73. The summed E-state index contributed by atoms with van der Waals surface area (Å²) < 4.78 is 11.6. The van der Waals surface area contributed by atoms with Crippen molar-refractivity contribution in [2.45, 2.75) is 58.7 Å². The van der Waals surface area contributed by atoms with Gasteiger partial charge in [0.15, 0.2) is 11.5 Å². The Bertz CT molecular complexity index is 424. The van der Waals surface area contributed by atoms with Crippen molar-refractivity contribution in [3.05, 3.63) is 23.8 Å². The average Bonchev–Trinajstić information content (AvgIpc) is 2.41. The second-order valence-electron chi connectivity index (χ2n) is 6.64. The number of halogens is 1. The van der Waals surface area contributed by atoms with E-state index in [-0.39, 0.29) is 5.41 Å². The molecule has 0 radical (unpaired) electrons. The summed E-state index contributed by atoms with van der Waals surface area (Å²) in [6.07, 6.45) is 3.08. The van der Waals surface area contributed by atoms with Crippen molar-refractivity contribution in [1.29, 1.82) is 0 Å². The molecule has 0 aliphatic rings. The maximum absolute atomic E-state index is 5.86. The fourth-order valence-electron chi connectivity index (χ4n) is 2.03. The zero-order valence-electron chi connectivity index (χ0n) is 14.0. The Balaban J connectivity index is 2.91. The molecule has 1 aromatic carbocycles. The topological polar surface area (TPSA) is 18.5 Å². The standard InChI is InChI=1S/C18H29BrO2/c1-6-10-20-16-9-8-14(12-17(16)21-11-7-2)15(19)13-18(3,4)5/h8-9,12,15H,6-7,10-11,13H2,1-5H3. The molecule has 3 heteroatoms. The number of ether oxygens (including phenoxy) is 2. The summed E-state index contributed by atoms with van der Waals surface area (Å²) in [7, 11) is 0. The van der Waals surface area contributed by atoms with Gasteiger partial charge in [0.25, 0.3) is 0 Å². The van der Waals surface area contributed by atoms with Crippen LogP contribution in [0.25, 0.3) is 0 Å². The van der Waals surface area contributed by atoms with Gasteiger partial charge in [0.1, 0.15) is 0 Å². The van der Waals surface area contributed by atoms with E-state index in [1.165, 1.54) is 5.56 Å². The van der Waals surface area contributed by atoms with E-state index < -0.39 is 0 Å². The van der Waals surface area contributed by atoms with E-state index in [2.05, 4.69) is 62.7 Å². The minimum atomic E-state index is 0.288. The van der Waals surface area contributed by atoms with Gasteiger partial charge in [-0.2, -0.15) is 0 Å². The maximum atomic E-state index is 5.86. The molecule has 0 heterocycles. The van der Waals surface area contributed by atoms with Crippen LogP contribution in [0.2, 0.25) is 0 Å². The van der Waals surface area contributed by atoms with E-state index in [1.807, 2.05) is 6.07 Å². The Morgan fingerprint density at radius 2 is 1.57 bits per heavy atom. The number of benzene rings is 1. The average molecular weight is 357 g/mol. The summed E-state index contributed by atoms with van der Waals surface area (Å²) in [4.78, 5) is 0.335. The lowest BCUT2D eigenvalue weighted by Gasteiger charge is -2.23. The van der Waals surface area contributed by atoms with Gasteiger partial charge in [-0.15, -0.1) is 0 Å². The van der Waals surface area contributed by atoms with Gasteiger partial charge in [0, 0.05) is 4.83 Å². The molecule has 2 nitrogen and oxygen atoms in total. The van der Waals surface area contributed by atoms with Crippen LogP contribution in [-0.4, -0.2) is 13.2 Å². The van der Waals surface area contributed by atoms with Crippen LogP contribution in [0.1, 0.15) is 64.3 Å². The third-order valence-corrected chi connectivity index (χ3v) is 3.90. The predicted octanol–water partition coefficient (Wildman–Crippen LogP) is 6.14. The van der Waals surface area contributed by atoms with Crippen LogP contribution in [0, 0.1) is 5.41 Å². The smallest absolute Gasteiger partial charge is 0.161 e. The zero-order chi connectivity index (χ0) is 15.9. The minimum absolute atomic E-state index is 0.288. The summed E-state index contributed by atoms with van der Waals surface area (Å²) >= 11 is 3.80. The van der Waals surface area contributed by atoms with Crippen molar-refractivity contribution in [1.82, 2.24) is 0 Å². The van der Waals surface area contributed by atoms with Gasteiger partial charge in [-0.25, -0.2) is 0 Å². The first-order chi connectivity index (χ1) is 9.87. The summed E-state index contributed by atoms with van der Waals surface area (Å²) in [5.74, 6) is 1.71. The molecule has 0 saturated heterocycles. The van der Waals surface area contributed by atoms with Crippen molar-refractivity contribution >= 4 is 15.9 Å². The second kappa shape index (κ2) is 8.67. The lowest BCUT2D eigenvalue weighted by Crippen LogP contribution is -2.09. The first kappa shape index (κ1) is 18.3. The van der Waals surface area contributed by atoms with Crippen LogP contribution in [0.3, 0.4) is 0 Å². The Morgan fingerprint density at radius 1 is 1.00 bits per heavy atom. The van der Waals surface area contributed by atoms with Gasteiger partial charge in [0.05, 0.1) is 13.2 Å². The monoisotopic (exact) mass is 356 g/mol. The van der Waals surface area contributed by atoms with E-state index in [0.29, 0.717) is 4.83 Å². The highest BCUT2D eigenvalue weighted by Gasteiger charge is 2.19. The van der Waals surface area contributed by atoms with Crippen molar-refractivity contribution in [2.24, 2.45) is 5.41 Å². The molecule has 0 aromatic heterocycles. The second-order valence-corrected chi connectivity index (χ2v) is 7.74. The molecule has 1 aromatic rings. The molecule has 0 N–H and O–H groups in total. The summed E-state index contributed by atoms with van der Waals surface area (Å²) in [5, 5.41) is 0. The lowest BCUT2D eigenvalue weighted by atomic mass is 9.88.